The van der Waals surface area contributed by atoms with Gasteiger partial charge in [0.25, 0.3) is 10.1 Å². The van der Waals surface area contributed by atoms with E-state index in [9.17, 15) is 18.0 Å². The van der Waals surface area contributed by atoms with Gasteiger partial charge in [-0.1, -0.05) is 6.07 Å². The van der Waals surface area contributed by atoms with Crippen LogP contribution >= 0.6 is 0 Å². The second kappa shape index (κ2) is 6.27. The van der Waals surface area contributed by atoms with E-state index in [1.165, 1.54) is 6.07 Å². The van der Waals surface area contributed by atoms with Crippen molar-refractivity contribution in [2.45, 2.75) is 4.90 Å². The number of carbonyl (C=O) groups is 2. The van der Waals surface area contributed by atoms with Crippen LogP contribution in [-0.2, 0) is 19.6 Å². The first kappa shape index (κ1) is 17.0. The summed E-state index contributed by atoms with van der Waals surface area (Å²) in [5.41, 5.74) is -0.884. The zero-order valence-electron chi connectivity index (χ0n) is 10.0. The molecule has 0 spiro atoms. The molecule has 0 bridgehead atoms. The van der Waals surface area contributed by atoms with Crippen LogP contribution in [0.1, 0.15) is 20.7 Å². The van der Waals surface area contributed by atoms with Crippen LogP contribution in [0, 0.1) is 0 Å². The van der Waals surface area contributed by atoms with E-state index in [2.05, 4.69) is 9.47 Å². The third kappa shape index (κ3) is 3.50. The lowest BCUT2D eigenvalue weighted by atomic mass is 10.1. The highest BCUT2D eigenvalue weighted by atomic mass is 32.2. The van der Waals surface area contributed by atoms with Crippen molar-refractivity contribution in [2.75, 3.05) is 14.2 Å². The van der Waals surface area contributed by atoms with Crippen LogP contribution < -0.4 is 0 Å². The van der Waals surface area contributed by atoms with E-state index in [1.807, 2.05) is 0 Å². The van der Waals surface area contributed by atoms with Gasteiger partial charge >= 0.3 is 11.9 Å². The Balaban J connectivity index is 0.00000324. The van der Waals surface area contributed by atoms with Gasteiger partial charge in [-0.3, -0.25) is 4.55 Å². The molecule has 0 unspecified atom stereocenters. The van der Waals surface area contributed by atoms with Gasteiger partial charge in [-0.15, -0.1) is 0 Å². The van der Waals surface area contributed by atoms with Gasteiger partial charge in [-0.25, -0.2) is 9.59 Å². The number of ether oxygens (including phenoxy) is 2. The zero-order chi connectivity index (χ0) is 13.9. The summed E-state index contributed by atoms with van der Waals surface area (Å²) in [4.78, 5) is 22.0. The van der Waals surface area contributed by atoms with Gasteiger partial charge in [0.15, 0.2) is 0 Å². The Morgan fingerprint density at radius 3 is 1.68 bits per heavy atom. The Kier molecular flexibility index (Phi) is 5.62. The van der Waals surface area contributed by atoms with E-state index < -0.39 is 38.1 Å². The van der Waals surface area contributed by atoms with E-state index >= 15 is 0 Å². The van der Waals surface area contributed by atoms with Crippen LogP contribution in [0.15, 0.2) is 23.1 Å². The number of esters is 2. The average Bonchev–Trinajstić information content (AvgIpc) is 2.34. The predicted molar refractivity (Wildman–Crippen MR) is 62.5 cm³/mol. The largest absolute Gasteiger partial charge is 0.465 e. The Hall–Kier alpha value is -1.97. The molecule has 19 heavy (non-hydrogen) atoms. The Morgan fingerprint density at radius 2 is 1.42 bits per heavy atom. The third-order valence-electron chi connectivity index (χ3n) is 2.08. The summed E-state index contributed by atoms with van der Waals surface area (Å²) in [6.07, 6.45) is 0. The number of carbonyl (C=O) groups excluding carboxylic acids is 2. The molecule has 106 valence electrons. The van der Waals surface area contributed by atoms with E-state index in [-0.39, 0.29) is 5.48 Å². The summed E-state index contributed by atoms with van der Waals surface area (Å²) < 4.78 is 40.4. The van der Waals surface area contributed by atoms with Crippen molar-refractivity contribution in [2.24, 2.45) is 0 Å². The molecule has 0 aromatic heterocycles. The molecule has 1 rings (SSSR count). The zero-order valence-corrected chi connectivity index (χ0v) is 10.9. The number of rotatable bonds is 3. The highest BCUT2D eigenvalue weighted by molar-refractivity contribution is 7.86. The molecule has 0 saturated carbocycles. The molecule has 0 amide bonds. The lowest BCUT2D eigenvalue weighted by Gasteiger charge is -2.09. The van der Waals surface area contributed by atoms with Crippen LogP contribution in [0.25, 0.3) is 0 Å². The summed E-state index contributed by atoms with van der Waals surface area (Å²) in [5, 5.41) is 0. The standard InChI is InChI=1S/C10H10O7S.H2O/c1-16-9(11)6-4-3-5-7(10(12)17-2)8(6)18(13,14)15;/h3-5H,1-2H3,(H,13,14,15);1H2. The quantitative estimate of drug-likeness (QED) is 0.595. The summed E-state index contributed by atoms with van der Waals surface area (Å²) in [7, 11) is -2.69. The first-order valence-electron chi connectivity index (χ1n) is 4.60. The van der Waals surface area contributed by atoms with Crippen LogP contribution in [0.5, 0.6) is 0 Å². The maximum atomic E-state index is 11.4. The predicted octanol–water partition coefficient (Wildman–Crippen LogP) is -0.318. The van der Waals surface area contributed by atoms with Crippen molar-refractivity contribution < 1.29 is 37.5 Å². The monoisotopic (exact) mass is 292 g/mol. The minimum atomic E-state index is -4.78. The average molecular weight is 292 g/mol. The van der Waals surface area contributed by atoms with Gasteiger partial charge in [0.1, 0.15) is 4.90 Å². The fraction of sp³-hybridized carbons (Fsp3) is 0.200. The van der Waals surface area contributed by atoms with Gasteiger partial charge in [-0.2, -0.15) is 8.42 Å². The molecule has 0 fully saturated rings. The molecule has 8 nitrogen and oxygen atoms in total. The van der Waals surface area contributed by atoms with Gasteiger partial charge in [0.05, 0.1) is 25.3 Å². The Labute approximate surface area is 109 Å². The van der Waals surface area contributed by atoms with E-state index in [1.54, 1.807) is 0 Å². The maximum Gasteiger partial charge on any atom is 0.339 e. The third-order valence-corrected chi connectivity index (χ3v) is 3.04. The highest BCUT2D eigenvalue weighted by Crippen LogP contribution is 2.22. The fourth-order valence-electron chi connectivity index (χ4n) is 1.36. The molecule has 0 aliphatic carbocycles. The minimum absolute atomic E-state index is 0. The fourth-order valence-corrected chi connectivity index (χ4v) is 2.21. The molecule has 0 atom stereocenters. The van der Waals surface area contributed by atoms with Crippen molar-refractivity contribution in [3.8, 4) is 0 Å². The molecular weight excluding hydrogens is 280 g/mol. The Morgan fingerprint density at radius 1 is 1.05 bits per heavy atom. The molecule has 3 N–H and O–H groups in total. The van der Waals surface area contributed by atoms with Crippen LogP contribution in [0.4, 0.5) is 0 Å². The van der Waals surface area contributed by atoms with Crippen molar-refractivity contribution in [3.63, 3.8) is 0 Å². The first-order valence-corrected chi connectivity index (χ1v) is 6.04. The first-order chi connectivity index (χ1) is 8.32. The maximum absolute atomic E-state index is 11.4. The van der Waals surface area contributed by atoms with Gasteiger partial charge in [-0.05, 0) is 12.1 Å². The molecule has 0 heterocycles. The molecule has 1 aromatic rings. The van der Waals surface area contributed by atoms with E-state index in [0.29, 0.717) is 0 Å². The van der Waals surface area contributed by atoms with Crippen LogP contribution in [0.2, 0.25) is 0 Å². The molecule has 0 radical (unpaired) electrons. The molecule has 0 saturated heterocycles. The topological polar surface area (TPSA) is 138 Å². The number of hydrogen-bond acceptors (Lipinski definition) is 6. The molecule has 0 aliphatic rings. The van der Waals surface area contributed by atoms with Crippen LogP contribution in [0.3, 0.4) is 0 Å². The highest BCUT2D eigenvalue weighted by Gasteiger charge is 2.28. The second-order valence-electron chi connectivity index (χ2n) is 3.14. The summed E-state index contributed by atoms with van der Waals surface area (Å²) >= 11 is 0. The van der Waals surface area contributed by atoms with Gasteiger partial charge in [0.2, 0.25) is 0 Å². The lowest BCUT2D eigenvalue weighted by Crippen LogP contribution is -2.16. The second-order valence-corrected chi connectivity index (χ2v) is 4.50. The summed E-state index contributed by atoms with van der Waals surface area (Å²) in [6.45, 7) is 0. The van der Waals surface area contributed by atoms with E-state index in [0.717, 1.165) is 26.4 Å². The van der Waals surface area contributed by atoms with Crippen LogP contribution in [-0.4, -0.2) is 44.6 Å². The minimum Gasteiger partial charge on any atom is -0.465 e. The van der Waals surface area contributed by atoms with E-state index in [4.69, 9.17) is 4.55 Å². The SMILES string of the molecule is COC(=O)c1cccc(C(=O)OC)c1S(=O)(=O)O.O. The molecular formula is C10H12O8S. The van der Waals surface area contributed by atoms with Crippen molar-refractivity contribution in [3.05, 3.63) is 29.3 Å². The normalized spacial score (nSPS) is 10.3. The summed E-state index contributed by atoms with van der Waals surface area (Å²) in [6, 6.07) is 3.50. The molecule has 9 heteroatoms. The molecule has 0 aliphatic heterocycles. The smallest absolute Gasteiger partial charge is 0.339 e. The van der Waals surface area contributed by atoms with Crippen molar-refractivity contribution in [1.29, 1.82) is 0 Å². The molecule has 1 aromatic carbocycles. The summed E-state index contributed by atoms with van der Waals surface area (Å²) in [5.74, 6) is -1.98. The lowest BCUT2D eigenvalue weighted by molar-refractivity contribution is 0.0589. The number of hydrogen-bond donors (Lipinski definition) is 1. The van der Waals surface area contributed by atoms with Gasteiger partial charge < -0.3 is 14.9 Å². The van der Waals surface area contributed by atoms with Gasteiger partial charge in [0, 0.05) is 0 Å². The Bertz CT molecular complexity index is 555. The van der Waals surface area contributed by atoms with Crippen molar-refractivity contribution >= 4 is 22.1 Å². The van der Waals surface area contributed by atoms with Crippen molar-refractivity contribution in [1.82, 2.24) is 0 Å². The number of methoxy groups -OCH3 is 2. The number of benzene rings is 1.